The Hall–Kier alpha value is -2.08. The molecule has 2 aromatic rings. The lowest BCUT2D eigenvalue weighted by Gasteiger charge is -2.15. The zero-order chi connectivity index (χ0) is 16.8. The fourth-order valence-corrected chi connectivity index (χ4v) is 3.06. The molecule has 0 spiro atoms. The van der Waals surface area contributed by atoms with Crippen LogP contribution < -0.4 is 15.4 Å². The number of hydrogen-bond acceptors (Lipinski definition) is 3. The molecular formula is C17H21FN2O2S. The predicted molar refractivity (Wildman–Crippen MR) is 90.4 cm³/mol. The number of urea groups is 1. The number of halogens is 1. The van der Waals surface area contributed by atoms with Gasteiger partial charge in [-0.2, -0.15) is 0 Å². The summed E-state index contributed by atoms with van der Waals surface area (Å²) in [5, 5.41) is 5.62. The largest absolute Gasteiger partial charge is 0.494 e. The van der Waals surface area contributed by atoms with Crippen molar-refractivity contribution in [3.8, 4) is 5.75 Å². The van der Waals surface area contributed by atoms with Gasteiger partial charge in [-0.25, -0.2) is 9.18 Å². The lowest BCUT2D eigenvalue weighted by atomic mass is 10.1. The molecule has 2 rings (SSSR count). The summed E-state index contributed by atoms with van der Waals surface area (Å²) >= 11 is 1.69. The smallest absolute Gasteiger partial charge is 0.315 e. The number of carbonyl (C=O) groups excluding carboxylic acids is 1. The van der Waals surface area contributed by atoms with Crippen LogP contribution in [0.5, 0.6) is 5.75 Å². The minimum absolute atomic E-state index is 0.190. The van der Waals surface area contributed by atoms with Crippen molar-refractivity contribution in [1.82, 2.24) is 10.6 Å². The molecule has 0 saturated heterocycles. The lowest BCUT2D eigenvalue weighted by molar-refractivity contribution is 0.237. The van der Waals surface area contributed by atoms with Crippen LogP contribution in [0.1, 0.15) is 35.2 Å². The Balaban J connectivity index is 1.87. The number of rotatable bonds is 6. The molecule has 1 atom stereocenters. The topological polar surface area (TPSA) is 50.4 Å². The standard InChI is InChI=1S/C17H21FN2O2S/c1-4-13-6-7-14(23-13)10-19-17(21)20-11(2)12-5-8-16(22-3)15(18)9-12/h5-9,11H,4,10H2,1-3H3,(H2,19,20,21). The van der Waals surface area contributed by atoms with E-state index in [4.69, 9.17) is 4.74 Å². The van der Waals surface area contributed by atoms with E-state index in [-0.39, 0.29) is 17.8 Å². The summed E-state index contributed by atoms with van der Waals surface area (Å²) in [5.74, 6) is -0.250. The monoisotopic (exact) mass is 336 g/mol. The molecule has 0 aliphatic rings. The first kappa shape index (κ1) is 17.3. The molecule has 0 bridgehead atoms. The average molecular weight is 336 g/mol. The summed E-state index contributed by atoms with van der Waals surface area (Å²) in [4.78, 5) is 14.4. The minimum Gasteiger partial charge on any atom is -0.494 e. The Kier molecular flexibility index (Phi) is 5.98. The van der Waals surface area contributed by atoms with Crippen LogP contribution in [0, 0.1) is 5.82 Å². The first-order valence-electron chi connectivity index (χ1n) is 7.48. The van der Waals surface area contributed by atoms with Crippen LogP contribution in [-0.4, -0.2) is 13.1 Å². The van der Waals surface area contributed by atoms with E-state index in [2.05, 4.69) is 23.6 Å². The van der Waals surface area contributed by atoms with Gasteiger partial charge in [0.1, 0.15) is 0 Å². The summed E-state index contributed by atoms with van der Waals surface area (Å²) in [6.07, 6.45) is 0.997. The number of thiophene rings is 1. The number of carbonyl (C=O) groups is 1. The summed E-state index contributed by atoms with van der Waals surface area (Å²) in [6, 6.07) is 8.17. The molecule has 6 heteroatoms. The van der Waals surface area contributed by atoms with Crippen molar-refractivity contribution >= 4 is 17.4 Å². The van der Waals surface area contributed by atoms with Crippen LogP contribution in [0.25, 0.3) is 0 Å². The summed E-state index contributed by atoms with van der Waals surface area (Å²) in [6.45, 7) is 4.40. The number of amides is 2. The molecule has 23 heavy (non-hydrogen) atoms. The van der Waals surface area contributed by atoms with Gasteiger partial charge in [0, 0.05) is 9.75 Å². The maximum atomic E-state index is 13.7. The van der Waals surface area contributed by atoms with Crippen molar-refractivity contribution in [2.24, 2.45) is 0 Å². The molecule has 0 aliphatic carbocycles. The van der Waals surface area contributed by atoms with Crippen molar-refractivity contribution in [3.05, 3.63) is 51.5 Å². The zero-order valence-corrected chi connectivity index (χ0v) is 14.3. The second-order valence-electron chi connectivity index (χ2n) is 5.16. The van der Waals surface area contributed by atoms with Crippen LogP contribution in [0.4, 0.5) is 9.18 Å². The van der Waals surface area contributed by atoms with Crippen LogP contribution in [-0.2, 0) is 13.0 Å². The van der Waals surface area contributed by atoms with Gasteiger partial charge in [-0.05, 0) is 43.2 Å². The molecule has 4 nitrogen and oxygen atoms in total. The summed E-state index contributed by atoms with van der Waals surface area (Å²) < 4.78 is 18.6. The van der Waals surface area contributed by atoms with Gasteiger partial charge in [-0.1, -0.05) is 13.0 Å². The molecule has 2 N–H and O–H groups in total. The van der Waals surface area contributed by atoms with Crippen molar-refractivity contribution in [3.63, 3.8) is 0 Å². The lowest BCUT2D eigenvalue weighted by Crippen LogP contribution is -2.36. The van der Waals surface area contributed by atoms with Crippen molar-refractivity contribution in [2.75, 3.05) is 7.11 Å². The van der Waals surface area contributed by atoms with Gasteiger partial charge < -0.3 is 15.4 Å². The number of benzene rings is 1. The molecule has 0 saturated carbocycles. The molecule has 124 valence electrons. The van der Waals surface area contributed by atoms with Crippen molar-refractivity contribution in [2.45, 2.75) is 32.9 Å². The average Bonchev–Trinajstić information content (AvgIpc) is 3.01. The number of methoxy groups -OCH3 is 1. The Morgan fingerprint density at radius 2 is 2.04 bits per heavy atom. The van der Waals surface area contributed by atoms with Gasteiger partial charge in [0.15, 0.2) is 11.6 Å². The predicted octanol–water partition coefficient (Wildman–Crippen LogP) is 4.02. The van der Waals surface area contributed by atoms with E-state index in [0.29, 0.717) is 12.1 Å². The molecule has 1 unspecified atom stereocenters. The van der Waals surface area contributed by atoms with Crippen molar-refractivity contribution < 1.29 is 13.9 Å². The van der Waals surface area contributed by atoms with Crippen LogP contribution >= 0.6 is 11.3 Å². The molecule has 2 amide bonds. The summed E-state index contributed by atoms with van der Waals surface area (Å²) in [7, 11) is 1.42. The maximum absolute atomic E-state index is 13.7. The van der Waals surface area contributed by atoms with Gasteiger partial charge in [0.2, 0.25) is 0 Å². The molecule has 1 heterocycles. The van der Waals surface area contributed by atoms with E-state index in [1.54, 1.807) is 30.4 Å². The Bertz CT molecular complexity index is 672. The summed E-state index contributed by atoms with van der Waals surface area (Å²) in [5.41, 5.74) is 0.683. The van der Waals surface area contributed by atoms with E-state index in [1.807, 2.05) is 6.07 Å². The minimum atomic E-state index is -0.440. The van der Waals surface area contributed by atoms with E-state index in [9.17, 15) is 9.18 Å². The molecular weight excluding hydrogens is 315 g/mol. The van der Waals surface area contributed by atoms with Crippen LogP contribution in [0.15, 0.2) is 30.3 Å². The maximum Gasteiger partial charge on any atom is 0.315 e. The third kappa shape index (κ3) is 4.69. The number of hydrogen-bond donors (Lipinski definition) is 2. The van der Waals surface area contributed by atoms with Gasteiger partial charge in [-0.3, -0.25) is 0 Å². The Morgan fingerprint density at radius 3 is 2.65 bits per heavy atom. The van der Waals surface area contributed by atoms with Crippen LogP contribution in [0.2, 0.25) is 0 Å². The van der Waals surface area contributed by atoms with Gasteiger partial charge >= 0.3 is 6.03 Å². The highest BCUT2D eigenvalue weighted by atomic mass is 32.1. The zero-order valence-electron chi connectivity index (χ0n) is 13.5. The normalized spacial score (nSPS) is 11.8. The molecule has 0 fully saturated rings. The number of ether oxygens (including phenoxy) is 1. The Morgan fingerprint density at radius 1 is 1.30 bits per heavy atom. The molecule has 0 radical (unpaired) electrons. The number of nitrogens with one attached hydrogen (secondary N) is 2. The highest BCUT2D eigenvalue weighted by molar-refractivity contribution is 7.11. The number of aryl methyl sites for hydroxylation is 1. The molecule has 1 aromatic heterocycles. The fourth-order valence-electron chi connectivity index (χ4n) is 2.16. The van der Waals surface area contributed by atoms with E-state index in [1.165, 1.54) is 18.1 Å². The Labute approximate surface area is 139 Å². The van der Waals surface area contributed by atoms with Gasteiger partial charge in [0.05, 0.1) is 19.7 Å². The second-order valence-corrected chi connectivity index (χ2v) is 6.42. The highest BCUT2D eigenvalue weighted by Crippen LogP contribution is 2.21. The molecule has 1 aromatic carbocycles. The first-order chi connectivity index (χ1) is 11.0. The van der Waals surface area contributed by atoms with Crippen molar-refractivity contribution in [1.29, 1.82) is 0 Å². The first-order valence-corrected chi connectivity index (χ1v) is 8.30. The second kappa shape index (κ2) is 7.97. The van der Waals surface area contributed by atoms with E-state index < -0.39 is 5.82 Å². The van der Waals surface area contributed by atoms with E-state index >= 15 is 0 Å². The third-order valence-corrected chi connectivity index (χ3v) is 4.74. The van der Waals surface area contributed by atoms with E-state index in [0.717, 1.165) is 11.3 Å². The third-order valence-electron chi connectivity index (χ3n) is 3.51. The SMILES string of the molecule is CCc1ccc(CNC(=O)NC(C)c2ccc(OC)c(F)c2)s1. The van der Waals surface area contributed by atoms with Gasteiger partial charge in [0.25, 0.3) is 0 Å². The fraction of sp³-hybridized carbons (Fsp3) is 0.353. The van der Waals surface area contributed by atoms with Gasteiger partial charge in [-0.15, -0.1) is 11.3 Å². The molecule has 0 aliphatic heterocycles. The highest BCUT2D eigenvalue weighted by Gasteiger charge is 2.12. The quantitative estimate of drug-likeness (QED) is 0.837. The van der Waals surface area contributed by atoms with Crippen LogP contribution in [0.3, 0.4) is 0 Å².